The van der Waals surface area contributed by atoms with E-state index in [1.54, 1.807) is 16.4 Å². The van der Waals surface area contributed by atoms with E-state index >= 15 is 0 Å². The first-order valence-corrected chi connectivity index (χ1v) is 6.87. The summed E-state index contributed by atoms with van der Waals surface area (Å²) >= 11 is 1.67. The van der Waals surface area contributed by atoms with Crippen molar-refractivity contribution in [2.24, 2.45) is 0 Å². The molecule has 92 valence electrons. The maximum absolute atomic E-state index is 8.81. The number of aliphatic hydroxyl groups is 1. The molecule has 0 spiro atoms. The lowest BCUT2D eigenvalue weighted by Gasteiger charge is -2.02. The zero-order valence-electron chi connectivity index (χ0n) is 9.80. The third kappa shape index (κ3) is 4.94. The van der Waals surface area contributed by atoms with Crippen LogP contribution in [0.3, 0.4) is 0 Å². The van der Waals surface area contributed by atoms with Gasteiger partial charge in [0.15, 0.2) is 0 Å². The van der Waals surface area contributed by atoms with Gasteiger partial charge in [0.05, 0.1) is 13.2 Å². The zero-order valence-corrected chi connectivity index (χ0v) is 10.6. The van der Waals surface area contributed by atoms with Gasteiger partial charge in [-0.15, -0.1) is 5.10 Å². The number of hydrogen-bond acceptors (Lipinski definition) is 5. The average Bonchev–Trinajstić information content (AvgIpc) is 2.72. The molecule has 5 nitrogen and oxygen atoms in total. The Balaban J connectivity index is 2.13. The first-order valence-electron chi connectivity index (χ1n) is 5.88. The Morgan fingerprint density at radius 3 is 2.81 bits per heavy atom. The van der Waals surface area contributed by atoms with Gasteiger partial charge in [0.1, 0.15) is 0 Å². The van der Waals surface area contributed by atoms with Crippen LogP contribution in [-0.4, -0.2) is 37.7 Å². The van der Waals surface area contributed by atoms with Crippen LogP contribution in [0.25, 0.3) is 0 Å². The number of unbranched alkanes of at least 4 members (excludes halogenated alkanes) is 4. The fourth-order valence-electron chi connectivity index (χ4n) is 1.40. The van der Waals surface area contributed by atoms with Gasteiger partial charge in [-0.25, -0.2) is 4.68 Å². The molecule has 1 aromatic rings. The molecule has 0 fully saturated rings. The van der Waals surface area contributed by atoms with Crippen molar-refractivity contribution in [3.05, 3.63) is 0 Å². The molecule has 16 heavy (non-hydrogen) atoms. The van der Waals surface area contributed by atoms with Crippen molar-refractivity contribution < 1.29 is 5.11 Å². The van der Waals surface area contributed by atoms with E-state index in [4.69, 9.17) is 5.11 Å². The molecule has 0 amide bonds. The second-order valence-electron chi connectivity index (χ2n) is 3.67. The van der Waals surface area contributed by atoms with Crippen LogP contribution in [0.1, 0.15) is 39.0 Å². The highest BCUT2D eigenvalue weighted by atomic mass is 32.2. The fraction of sp³-hybridized carbons (Fsp3) is 0.900. The summed E-state index contributed by atoms with van der Waals surface area (Å²) in [5.74, 6) is 1.05. The van der Waals surface area contributed by atoms with Gasteiger partial charge in [-0.1, -0.05) is 44.4 Å². The van der Waals surface area contributed by atoms with Crippen LogP contribution in [0.2, 0.25) is 0 Å². The highest BCUT2D eigenvalue weighted by molar-refractivity contribution is 7.99. The lowest BCUT2D eigenvalue weighted by atomic mass is 10.2. The Hall–Kier alpha value is -0.620. The van der Waals surface area contributed by atoms with Crippen LogP contribution in [0.15, 0.2) is 5.16 Å². The molecule has 1 aromatic heterocycles. The molecule has 1 rings (SSSR count). The first-order chi connectivity index (χ1) is 7.88. The summed E-state index contributed by atoms with van der Waals surface area (Å²) < 4.78 is 1.65. The van der Waals surface area contributed by atoms with Crippen molar-refractivity contribution in [1.29, 1.82) is 0 Å². The van der Waals surface area contributed by atoms with Crippen LogP contribution in [-0.2, 0) is 6.54 Å². The summed E-state index contributed by atoms with van der Waals surface area (Å²) in [6.07, 6.45) is 6.41. The maximum Gasteiger partial charge on any atom is 0.209 e. The second-order valence-corrected chi connectivity index (χ2v) is 4.73. The fourth-order valence-corrected chi connectivity index (χ4v) is 2.31. The van der Waals surface area contributed by atoms with E-state index in [-0.39, 0.29) is 6.61 Å². The second kappa shape index (κ2) is 8.52. The Morgan fingerprint density at radius 2 is 2.06 bits per heavy atom. The van der Waals surface area contributed by atoms with E-state index in [2.05, 4.69) is 22.4 Å². The monoisotopic (exact) mass is 244 g/mol. The summed E-state index contributed by atoms with van der Waals surface area (Å²) in [4.78, 5) is 0. The van der Waals surface area contributed by atoms with Gasteiger partial charge in [0.2, 0.25) is 5.16 Å². The van der Waals surface area contributed by atoms with Crippen LogP contribution >= 0.6 is 11.8 Å². The summed E-state index contributed by atoms with van der Waals surface area (Å²) in [7, 11) is 0. The molecule has 1 N–H and O–H groups in total. The first kappa shape index (κ1) is 13.4. The minimum Gasteiger partial charge on any atom is -0.394 e. The SMILES string of the molecule is CCCCCCCSc1nnnn1CCO. The predicted octanol–water partition coefficient (Wildman–Crippen LogP) is 1.73. The van der Waals surface area contributed by atoms with Crippen LogP contribution in [0.5, 0.6) is 0 Å². The van der Waals surface area contributed by atoms with Crippen molar-refractivity contribution in [2.75, 3.05) is 12.4 Å². The average molecular weight is 244 g/mol. The van der Waals surface area contributed by atoms with E-state index < -0.39 is 0 Å². The Kier molecular flexibility index (Phi) is 7.16. The standard InChI is InChI=1S/C10H20N4OS/c1-2-3-4-5-6-9-16-10-11-12-13-14(10)7-8-15/h15H,2-9H2,1H3. The summed E-state index contributed by atoms with van der Waals surface area (Å²) in [5, 5.41) is 20.9. The number of rotatable bonds is 9. The molecule has 0 saturated carbocycles. The summed E-state index contributed by atoms with van der Waals surface area (Å²) in [6, 6.07) is 0. The van der Waals surface area contributed by atoms with Gasteiger partial charge >= 0.3 is 0 Å². The normalized spacial score (nSPS) is 10.9. The molecular formula is C10H20N4OS. The molecular weight excluding hydrogens is 224 g/mol. The third-order valence-corrected chi connectivity index (χ3v) is 3.33. The molecule has 6 heteroatoms. The highest BCUT2D eigenvalue weighted by Gasteiger charge is 2.05. The smallest absolute Gasteiger partial charge is 0.209 e. The summed E-state index contributed by atoms with van der Waals surface area (Å²) in [5.41, 5.74) is 0. The Labute approximate surface area is 101 Å². The van der Waals surface area contributed by atoms with E-state index in [1.165, 1.54) is 32.1 Å². The van der Waals surface area contributed by atoms with E-state index in [0.29, 0.717) is 6.54 Å². The van der Waals surface area contributed by atoms with Crippen molar-refractivity contribution in [3.8, 4) is 0 Å². The molecule has 0 radical (unpaired) electrons. The Bertz CT molecular complexity index is 280. The van der Waals surface area contributed by atoms with Crippen LogP contribution in [0, 0.1) is 0 Å². The quantitative estimate of drug-likeness (QED) is 0.529. The van der Waals surface area contributed by atoms with Gasteiger partial charge in [-0.3, -0.25) is 0 Å². The zero-order chi connectivity index (χ0) is 11.6. The lowest BCUT2D eigenvalue weighted by molar-refractivity contribution is 0.262. The highest BCUT2D eigenvalue weighted by Crippen LogP contribution is 2.16. The number of hydrogen-bond donors (Lipinski definition) is 1. The van der Waals surface area contributed by atoms with E-state index in [1.807, 2.05) is 0 Å². The molecule has 0 bridgehead atoms. The number of aliphatic hydroxyl groups excluding tert-OH is 1. The Morgan fingerprint density at radius 1 is 1.25 bits per heavy atom. The van der Waals surface area contributed by atoms with Crippen molar-refractivity contribution in [1.82, 2.24) is 20.2 Å². The molecule has 0 saturated heterocycles. The van der Waals surface area contributed by atoms with Crippen LogP contribution < -0.4 is 0 Å². The molecule has 0 unspecified atom stereocenters. The minimum atomic E-state index is 0.0785. The topological polar surface area (TPSA) is 63.8 Å². The van der Waals surface area contributed by atoms with E-state index in [0.717, 1.165) is 10.9 Å². The minimum absolute atomic E-state index is 0.0785. The molecule has 0 aliphatic rings. The predicted molar refractivity (Wildman–Crippen MR) is 64.4 cm³/mol. The van der Waals surface area contributed by atoms with Gasteiger partial charge in [0.25, 0.3) is 0 Å². The number of thioether (sulfide) groups is 1. The molecule has 0 aliphatic heterocycles. The van der Waals surface area contributed by atoms with E-state index in [9.17, 15) is 0 Å². The third-order valence-electron chi connectivity index (χ3n) is 2.29. The maximum atomic E-state index is 8.81. The number of tetrazole rings is 1. The molecule has 1 heterocycles. The van der Waals surface area contributed by atoms with Crippen molar-refractivity contribution in [3.63, 3.8) is 0 Å². The summed E-state index contributed by atoms with van der Waals surface area (Å²) in [6.45, 7) is 2.78. The van der Waals surface area contributed by atoms with Crippen molar-refractivity contribution in [2.45, 2.75) is 50.7 Å². The lowest BCUT2D eigenvalue weighted by Crippen LogP contribution is -2.05. The number of nitrogens with zero attached hydrogens (tertiary/aromatic N) is 4. The number of aromatic nitrogens is 4. The molecule has 0 aromatic carbocycles. The van der Waals surface area contributed by atoms with Crippen molar-refractivity contribution >= 4 is 11.8 Å². The van der Waals surface area contributed by atoms with Gasteiger partial charge in [0, 0.05) is 5.75 Å². The van der Waals surface area contributed by atoms with Gasteiger partial charge in [-0.2, -0.15) is 0 Å². The molecule has 0 aliphatic carbocycles. The van der Waals surface area contributed by atoms with Gasteiger partial charge < -0.3 is 5.11 Å². The molecule has 0 atom stereocenters. The van der Waals surface area contributed by atoms with Gasteiger partial charge in [-0.05, 0) is 16.8 Å². The van der Waals surface area contributed by atoms with Crippen LogP contribution in [0.4, 0.5) is 0 Å². The largest absolute Gasteiger partial charge is 0.394 e.